The highest BCUT2D eigenvalue weighted by molar-refractivity contribution is 5.88. The lowest BCUT2D eigenvalue weighted by Gasteiger charge is -2.13. The maximum atomic E-state index is 14.8. The number of nitrogens with zero attached hydrogens (tertiary/aromatic N) is 1. The van der Waals surface area contributed by atoms with E-state index in [-0.39, 0.29) is 11.5 Å². The number of aryl methyl sites for hydroxylation is 1. The van der Waals surface area contributed by atoms with E-state index < -0.39 is 5.82 Å². The Morgan fingerprint density at radius 1 is 1.12 bits per heavy atom. The topological polar surface area (TPSA) is 51.6 Å². The van der Waals surface area contributed by atoms with Gasteiger partial charge in [-0.15, -0.1) is 0 Å². The zero-order valence-electron chi connectivity index (χ0n) is 14.2. The van der Waals surface area contributed by atoms with Gasteiger partial charge in [0.25, 0.3) is 0 Å². The molecule has 1 heterocycles. The van der Waals surface area contributed by atoms with Gasteiger partial charge in [-0.2, -0.15) is 0 Å². The Morgan fingerprint density at radius 2 is 1.92 bits per heavy atom. The number of pyridine rings is 1. The average molecular weight is 339 g/mol. The Morgan fingerprint density at radius 3 is 2.64 bits per heavy atom. The standard InChI is InChI=1S/C20H18FNO3/c1-4-5-13-12(2)6-7-18(20(13)21)25-17-8-9-22-15-11-16(23)19(24-3)10-14(15)17/h4-11,23H,1-3H3/b5-4+. The third-order valence-corrected chi connectivity index (χ3v) is 3.92. The first kappa shape index (κ1) is 16.8. The minimum atomic E-state index is -0.422. The Labute approximate surface area is 145 Å². The summed E-state index contributed by atoms with van der Waals surface area (Å²) in [7, 11) is 1.46. The van der Waals surface area contributed by atoms with Crippen LogP contribution in [0.15, 0.2) is 42.6 Å². The minimum Gasteiger partial charge on any atom is -0.504 e. The highest BCUT2D eigenvalue weighted by Gasteiger charge is 2.14. The van der Waals surface area contributed by atoms with E-state index in [1.54, 1.807) is 36.5 Å². The molecule has 2 aromatic carbocycles. The molecule has 3 rings (SSSR count). The number of allylic oxidation sites excluding steroid dienone is 1. The molecule has 0 atom stereocenters. The van der Waals surface area contributed by atoms with Crippen LogP contribution in [-0.4, -0.2) is 17.2 Å². The SMILES string of the molecule is C/C=C/c1c(C)ccc(Oc2ccnc3cc(O)c(OC)cc23)c1F. The quantitative estimate of drug-likeness (QED) is 0.708. The summed E-state index contributed by atoms with van der Waals surface area (Å²) in [4.78, 5) is 4.20. The van der Waals surface area contributed by atoms with Crippen LogP contribution in [0, 0.1) is 12.7 Å². The van der Waals surface area contributed by atoms with Crippen LogP contribution in [0.2, 0.25) is 0 Å². The molecule has 0 saturated carbocycles. The largest absolute Gasteiger partial charge is 0.504 e. The highest BCUT2D eigenvalue weighted by atomic mass is 19.1. The van der Waals surface area contributed by atoms with Crippen molar-refractivity contribution in [1.82, 2.24) is 4.98 Å². The Hall–Kier alpha value is -3.08. The first-order valence-corrected chi connectivity index (χ1v) is 7.80. The van der Waals surface area contributed by atoms with Gasteiger partial charge >= 0.3 is 0 Å². The lowest BCUT2D eigenvalue weighted by molar-refractivity contribution is 0.374. The van der Waals surface area contributed by atoms with Gasteiger partial charge in [0.15, 0.2) is 23.1 Å². The summed E-state index contributed by atoms with van der Waals surface area (Å²) < 4.78 is 25.7. The van der Waals surface area contributed by atoms with Gasteiger partial charge in [-0.3, -0.25) is 4.98 Å². The summed E-state index contributed by atoms with van der Waals surface area (Å²) in [6.07, 6.45) is 5.04. The zero-order valence-corrected chi connectivity index (χ0v) is 14.2. The van der Waals surface area contributed by atoms with Gasteiger partial charge in [-0.25, -0.2) is 4.39 Å². The van der Waals surface area contributed by atoms with E-state index in [2.05, 4.69) is 4.98 Å². The lowest BCUT2D eigenvalue weighted by atomic mass is 10.1. The van der Waals surface area contributed by atoms with Crippen LogP contribution in [-0.2, 0) is 0 Å². The second-order valence-corrected chi connectivity index (χ2v) is 5.56. The molecular weight excluding hydrogens is 321 g/mol. The molecule has 4 nitrogen and oxygen atoms in total. The molecule has 0 aliphatic rings. The third-order valence-electron chi connectivity index (χ3n) is 3.92. The van der Waals surface area contributed by atoms with E-state index in [9.17, 15) is 9.50 Å². The zero-order chi connectivity index (χ0) is 18.0. The lowest BCUT2D eigenvalue weighted by Crippen LogP contribution is -1.95. The molecular formula is C20H18FNO3. The summed E-state index contributed by atoms with van der Waals surface area (Å²) in [5, 5.41) is 10.5. The van der Waals surface area contributed by atoms with Crippen LogP contribution in [0.3, 0.4) is 0 Å². The second-order valence-electron chi connectivity index (χ2n) is 5.56. The van der Waals surface area contributed by atoms with Crippen molar-refractivity contribution in [3.8, 4) is 23.0 Å². The minimum absolute atomic E-state index is 0.0171. The first-order chi connectivity index (χ1) is 12.0. The van der Waals surface area contributed by atoms with Crippen LogP contribution >= 0.6 is 0 Å². The van der Waals surface area contributed by atoms with Crippen molar-refractivity contribution >= 4 is 17.0 Å². The fourth-order valence-corrected chi connectivity index (χ4v) is 2.63. The molecule has 0 unspecified atom stereocenters. The van der Waals surface area contributed by atoms with Gasteiger partial charge in [0.05, 0.1) is 12.6 Å². The molecule has 0 fully saturated rings. The van der Waals surface area contributed by atoms with E-state index in [0.29, 0.717) is 28.0 Å². The number of ether oxygens (including phenoxy) is 2. The van der Waals surface area contributed by atoms with Crippen molar-refractivity contribution in [3.63, 3.8) is 0 Å². The number of aromatic hydroxyl groups is 1. The predicted molar refractivity (Wildman–Crippen MR) is 95.9 cm³/mol. The molecule has 0 radical (unpaired) electrons. The van der Waals surface area contributed by atoms with Crippen molar-refractivity contribution in [3.05, 3.63) is 59.5 Å². The summed E-state index contributed by atoms with van der Waals surface area (Å²) >= 11 is 0. The molecule has 0 saturated heterocycles. The maximum absolute atomic E-state index is 14.8. The number of halogens is 1. The number of fused-ring (bicyclic) bond motifs is 1. The maximum Gasteiger partial charge on any atom is 0.173 e. The van der Waals surface area contributed by atoms with Crippen LogP contribution < -0.4 is 9.47 Å². The van der Waals surface area contributed by atoms with Crippen molar-refractivity contribution in [2.24, 2.45) is 0 Å². The molecule has 128 valence electrons. The molecule has 5 heteroatoms. The Balaban J connectivity index is 2.11. The van der Waals surface area contributed by atoms with Crippen molar-refractivity contribution < 1.29 is 19.0 Å². The highest BCUT2D eigenvalue weighted by Crippen LogP contribution is 2.37. The Bertz CT molecular complexity index is 967. The number of hydrogen-bond donors (Lipinski definition) is 1. The molecule has 3 aromatic rings. The molecule has 1 N–H and O–H groups in total. The van der Waals surface area contributed by atoms with Crippen molar-refractivity contribution in [2.75, 3.05) is 7.11 Å². The number of aromatic nitrogens is 1. The van der Waals surface area contributed by atoms with Gasteiger partial charge in [-0.1, -0.05) is 18.2 Å². The molecule has 0 spiro atoms. The number of hydrogen-bond acceptors (Lipinski definition) is 4. The summed E-state index contributed by atoms with van der Waals surface area (Å²) in [6, 6.07) is 8.16. The van der Waals surface area contributed by atoms with Crippen LogP contribution in [0.5, 0.6) is 23.0 Å². The summed E-state index contributed by atoms with van der Waals surface area (Å²) in [5.41, 5.74) is 1.85. The molecule has 0 bridgehead atoms. The van der Waals surface area contributed by atoms with Gasteiger partial charge in [0.2, 0.25) is 0 Å². The third kappa shape index (κ3) is 3.13. The Kier molecular flexibility index (Phi) is 4.57. The molecule has 0 amide bonds. The van der Waals surface area contributed by atoms with E-state index >= 15 is 0 Å². The first-order valence-electron chi connectivity index (χ1n) is 7.80. The number of phenolic OH excluding ortho intramolecular Hbond substituents is 1. The van der Waals surface area contributed by atoms with Crippen LogP contribution in [0.4, 0.5) is 4.39 Å². The number of methoxy groups -OCH3 is 1. The summed E-state index contributed by atoms with van der Waals surface area (Å²) in [5.74, 6) is 0.408. The number of phenols is 1. The van der Waals surface area contributed by atoms with E-state index in [4.69, 9.17) is 9.47 Å². The predicted octanol–water partition coefficient (Wildman–Crippen LogP) is 5.22. The van der Waals surface area contributed by atoms with E-state index in [1.807, 2.05) is 19.9 Å². The fraction of sp³-hybridized carbons (Fsp3) is 0.150. The normalized spacial score (nSPS) is 11.2. The number of benzene rings is 2. The van der Waals surface area contributed by atoms with Gasteiger partial charge in [-0.05, 0) is 37.6 Å². The molecule has 1 aromatic heterocycles. The van der Waals surface area contributed by atoms with Crippen LogP contribution in [0.1, 0.15) is 18.1 Å². The average Bonchev–Trinajstić information content (AvgIpc) is 2.60. The smallest absolute Gasteiger partial charge is 0.173 e. The fourth-order valence-electron chi connectivity index (χ4n) is 2.63. The number of rotatable bonds is 4. The van der Waals surface area contributed by atoms with E-state index in [1.165, 1.54) is 13.2 Å². The monoisotopic (exact) mass is 339 g/mol. The molecule has 0 aliphatic carbocycles. The van der Waals surface area contributed by atoms with Gasteiger partial charge in [0, 0.05) is 23.2 Å². The van der Waals surface area contributed by atoms with Gasteiger partial charge in [0.1, 0.15) is 5.75 Å². The summed E-state index contributed by atoms with van der Waals surface area (Å²) in [6.45, 7) is 3.68. The van der Waals surface area contributed by atoms with E-state index in [0.717, 1.165) is 5.56 Å². The van der Waals surface area contributed by atoms with Crippen molar-refractivity contribution in [1.29, 1.82) is 0 Å². The van der Waals surface area contributed by atoms with Gasteiger partial charge < -0.3 is 14.6 Å². The molecule has 0 aliphatic heterocycles. The van der Waals surface area contributed by atoms with Crippen LogP contribution in [0.25, 0.3) is 17.0 Å². The van der Waals surface area contributed by atoms with Crippen molar-refractivity contribution in [2.45, 2.75) is 13.8 Å². The molecule has 25 heavy (non-hydrogen) atoms. The second kappa shape index (κ2) is 6.81.